The second-order valence-corrected chi connectivity index (χ2v) is 13.3. The molecule has 51 heavy (non-hydrogen) atoms. The normalized spacial score (nSPS) is 12.0. The first-order valence-electron chi connectivity index (χ1n) is 15.0. The molecule has 0 saturated heterocycles. The topological polar surface area (TPSA) is 208 Å². The van der Waals surface area contributed by atoms with Crippen LogP contribution in [0, 0.1) is 24.1 Å². The van der Waals surface area contributed by atoms with Crippen LogP contribution in [0.5, 0.6) is 17.2 Å². The second kappa shape index (κ2) is 18.4. The van der Waals surface area contributed by atoms with Crippen molar-refractivity contribution in [2.24, 2.45) is 10.2 Å². The van der Waals surface area contributed by atoms with E-state index in [4.69, 9.17) is 26.4 Å². The van der Waals surface area contributed by atoms with Crippen LogP contribution >= 0.6 is 32.9 Å². The number of nitrogens with zero attached hydrogens (tertiary/aromatic N) is 4. The van der Waals surface area contributed by atoms with E-state index in [9.17, 15) is 34.6 Å². The van der Waals surface area contributed by atoms with Gasteiger partial charge in [-0.25, -0.2) is 4.79 Å². The summed E-state index contributed by atoms with van der Waals surface area (Å²) in [5.41, 5.74) is 1.20. The zero-order valence-electron chi connectivity index (χ0n) is 26.8. The number of carbonyl (C=O) groups excluding carboxylic acids is 3. The molecule has 0 spiro atoms. The highest BCUT2D eigenvalue weighted by Gasteiger charge is 2.22. The molecule has 3 aromatic carbocycles. The van der Waals surface area contributed by atoms with E-state index in [2.05, 4.69) is 19.9 Å². The smallest absolute Gasteiger partial charge is 0.347 e. The van der Waals surface area contributed by atoms with E-state index in [1.165, 1.54) is 63.1 Å². The van der Waals surface area contributed by atoms with Gasteiger partial charge >= 0.3 is 17.9 Å². The predicted octanol–water partition coefficient (Wildman–Crippen LogP) is 8.41. The van der Waals surface area contributed by atoms with Crippen molar-refractivity contribution in [2.75, 3.05) is 0 Å². The molecule has 1 aromatic heterocycles. The minimum absolute atomic E-state index is 0.155. The molecule has 0 saturated carbocycles. The van der Waals surface area contributed by atoms with E-state index in [-0.39, 0.29) is 47.8 Å². The SMILES string of the molecule is CCC(CC(=O)Oc1ccc(N=Nc2ccc(OC(=O)CC(CC)O[N+](=O)[O-])c(C(=O)Oc3ccc(-c4cc(=S)ss4)cc3)c2)cc1)O[N+](=O)[O-]. The molecule has 266 valence electrons. The summed E-state index contributed by atoms with van der Waals surface area (Å²) in [6.45, 7) is 3.24. The predicted molar refractivity (Wildman–Crippen MR) is 185 cm³/mol. The Hall–Kier alpha value is -5.66. The molecule has 16 nitrogen and oxygen atoms in total. The van der Waals surface area contributed by atoms with Crippen LogP contribution in [-0.2, 0) is 19.3 Å². The largest absolute Gasteiger partial charge is 0.426 e. The fraction of sp³-hybridized carbons (Fsp3) is 0.250. The van der Waals surface area contributed by atoms with Crippen LogP contribution < -0.4 is 14.2 Å². The molecule has 0 aliphatic heterocycles. The molecule has 0 bridgehead atoms. The Balaban J connectivity index is 1.50. The number of azo groups is 1. The number of rotatable bonds is 17. The van der Waals surface area contributed by atoms with E-state index in [0.717, 1.165) is 14.3 Å². The van der Waals surface area contributed by atoms with E-state index in [1.807, 2.05) is 6.07 Å². The van der Waals surface area contributed by atoms with Crippen LogP contribution in [0.25, 0.3) is 10.4 Å². The van der Waals surface area contributed by atoms with Gasteiger partial charge in [0.05, 0.1) is 24.2 Å². The maximum absolute atomic E-state index is 13.4. The molecule has 0 N–H and O–H groups in total. The average Bonchev–Trinajstić information content (AvgIpc) is 3.53. The number of carbonyl (C=O) groups is 3. The molecule has 2 atom stereocenters. The van der Waals surface area contributed by atoms with Gasteiger partial charge in [0, 0.05) is 4.88 Å². The highest BCUT2D eigenvalue weighted by atomic mass is 32.9. The third-order valence-corrected chi connectivity index (χ3v) is 9.65. The lowest BCUT2D eigenvalue weighted by atomic mass is 10.1. The maximum Gasteiger partial charge on any atom is 0.347 e. The number of hydrogen-bond acceptors (Lipinski definition) is 17. The lowest BCUT2D eigenvalue weighted by Crippen LogP contribution is -2.23. The number of esters is 3. The van der Waals surface area contributed by atoms with E-state index >= 15 is 0 Å². The highest BCUT2D eigenvalue weighted by molar-refractivity contribution is 7.80. The Morgan fingerprint density at radius 3 is 1.80 bits per heavy atom. The first-order valence-corrected chi connectivity index (χ1v) is 17.6. The number of hydrogen-bond donors (Lipinski definition) is 0. The molecule has 0 radical (unpaired) electrons. The van der Waals surface area contributed by atoms with Crippen molar-refractivity contribution in [3.05, 3.63) is 102 Å². The quantitative estimate of drug-likeness (QED) is 0.0189. The maximum atomic E-state index is 13.4. The Morgan fingerprint density at radius 2 is 1.25 bits per heavy atom. The lowest BCUT2D eigenvalue weighted by molar-refractivity contribution is -0.768. The first-order chi connectivity index (χ1) is 24.4. The summed E-state index contributed by atoms with van der Waals surface area (Å²) in [6, 6.07) is 18.5. The number of ether oxygens (including phenoxy) is 3. The van der Waals surface area contributed by atoms with E-state index in [0.29, 0.717) is 5.69 Å². The molecule has 1 heterocycles. The van der Waals surface area contributed by atoms with Gasteiger partial charge in [0.2, 0.25) is 0 Å². The van der Waals surface area contributed by atoms with Gasteiger partial charge in [0.15, 0.2) is 0 Å². The molecule has 0 fully saturated rings. The van der Waals surface area contributed by atoms with Gasteiger partial charge in [-0.1, -0.05) is 46.7 Å². The third kappa shape index (κ3) is 12.0. The minimum atomic E-state index is -1.05. The second-order valence-electron chi connectivity index (χ2n) is 10.4. The Kier molecular flexibility index (Phi) is 13.7. The Labute approximate surface area is 301 Å². The minimum Gasteiger partial charge on any atom is -0.426 e. The molecular weight excluding hydrogens is 729 g/mol. The van der Waals surface area contributed by atoms with Crippen molar-refractivity contribution in [1.82, 2.24) is 0 Å². The molecular formula is C32H28N4O12S3. The molecule has 4 rings (SSSR count). The Morgan fingerprint density at radius 1 is 0.725 bits per heavy atom. The van der Waals surface area contributed by atoms with Crippen molar-refractivity contribution in [1.29, 1.82) is 0 Å². The first kappa shape index (κ1) is 38.1. The van der Waals surface area contributed by atoms with Crippen molar-refractivity contribution >= 4 is 62.2 Å². The van der Waals surface area contributed by atoms with Crippen LogP contribution in [0.2, 0.25) is 0 Å². The zero-order chi connectivity index (χ0) is 36.9. The van der Waals surface area contributed by atoms with Crippen molar-refractivity contribution in [2.45, 2.75) is 51.7 Å². The van der Waals surface area contributed by atoms with Crippen LogP contribution in [0.15, 0.2) is 83.0 Å². The summed E-state index contributed by atoms with van der Waals surface area (Å²) in [5, 5.41) is 27.6. The Bertz CT molecular complexity index is 1960. The zero-order valence-corrected chi connectivity index (χ0v) is 29.3. The standard InChI is InChI=1S/C32H28N4O12S3/c1-3-22(47-35(40)41)16-29(37)44-24-12-7-20(8-13-24)33-34-21-9-14-27(46-30(38)17-23(4-2)48-36(42)43)26(15-21)32(39)45-25-10-5-19(6-11-25)28-18-31(49)51-50-28/h5-15,18,22-23H,3-4,16-17H2,1-2H3. The van der Waals surface area contributed by atoms with Crippen molar-refractivity contribution in [3.8, 4) is 27.7 Å². The summed E-state index contributed by atoms with van der Waals surface area (Å²) in [4.78, 5) is 69.5. The highest BCUT2D eigenvalue weighted by Crippen LogP contribution is 2.32. The van der Waals surface area contributed by atoms with Gasteiger partial charge in [-0.15, -0.1) is 20.2 Å². The molecule has 0 amide bonds. The number of benzene rings is 3. The van der Waals surface area contributed by atoms with Gasteiger partial charge in [0.1, 0.15) is 38.8 Å². The molecule has 2 unspecified atom stereocenters. The summed E-state index contributed by atoms with van der Waals surface area (Å²) >= 11 is 5.20. The third-order valence-electron chi connectivity index (χ3n) is 6.74. The van der Waals surface area contributed by atoms with Gasteiger partial charge < -0.3 is 23.9 Å². The van der Waals surface area contributed by atoms with Crippen LogP contribution in [0.1, 0.15) is 49.9 Å². The molecule has 19 heteroatoms. The summed E-state index contributed by atoms with van der Waals surface area (Å²) < 4.78 is 16.9. The van der Waals surface area contributed by atoms with Crippen molar-refractivity contribution < 1.29 is 48.4 Å². The van der Waals surface area contributed by atoms with Gasteiger partial charge in [-0.2, -0.15) is 10.2 Å². The monoisotopic (exact) mass is 756 g/mol. The van der Waals surface area contributed by atoms with E-state index in [1.54, 1.807) is 38.1 Å². The average molecular weight is 757 g/mol. The fourth-order valence-corrected chi connectivity index (χ4v) is 6.61. The van der Waals surface area contributed by atoms with Gasteiger partial charge in [0.25, 0.3) is 10.2 Å². The summed E-state index contributed by atoms with van der Waals surface area (Å²) in [7, 11) is 2.99. The van der Waals surface area contributed by atoms with Crippen LogP contribution in [0.4, 0.5) is 11.4 Å². The lowest BCUT2D eigenvalue weighted by Gasteiger charge is -2.14. The van der Waals surface area contributed by atoms with E-state index < -0.39 is 46.7 Å². The van der Waals surface area contributed by atoms with Gasteiger partial charge in [-0.05, 0) is 91.2 Å². The van der Waals surface area contributed by atoms with Gasteiger partial charge in [-0.3, -0.25) is 9.59 Å². The van der Waals surface area contributed by atoms with Crippen LogP contribution in [0.3, 0.4) is 0 Å². The molecule has 0 aliphatic rings. The summed E-state index contributed by atoms with van der Waals surface area (Å²) in [5.74, 6) is -2.32. The van der Waals surface area contributed by atoms with Crippen molar-refractivity contribution in [3.63, 3.8) is 0 Å². The summed E-state index contributed by atoms with van der Waals surface area (Å²) in [6.07, 6.45) is -2.38. The molecule has 0 aliphatic carbocycles. The fourth-order valence-electron chi connectivity index (χ4n) is 4.21. The van der Waals surface area contributed by atoms with Crippen LogP contribution in [-0.4, -0.2) is 40.3 Å². The molecule has 4 aromatic rings.